The van der Waals surface area contributed by atoms with Crippen molar-refractivity contribution in [3.63, 3.8) is 0 Å². The molecule has 0 saturated carbocycles. The summed E-state index contributed by atoms with van der Waals surface area (Å²) >= 11 is 0. The maximum absolute atomic E-state index is 13.7. The van der Waals surface area contributed by atoms with E-state index in [9.17, 15) is 18.0 Å². The number of amides is 2. The van der Waals surface area contributed by atoms with Crippen molar-refractivity contribution in [1.29, 1.82) is 0 Å². The minimum atomic E-state index is -4.41. The molecule has 0 aromatic heterocycles. The number of benzene rings is 1. The first-order valence-corrected chi connectivity index (χ1v) is 10.2. The number of hydrogen-bond acceptors (Lipinski definition) is 3. The SMILES string of the molecule is CN1CCN(C(=O)N2CCN(c3ccc(C(C)(C)C)cc3C(F)(F)F)CC2)CC1. The summed E-state index contributed by atoms with van der Waals surface area (Å²) in [5.74, 6) is 0. The van der Waals surface area contributed by atoms with Crippen LogP contribution in [0.2, 0.25) is 0 Å². The summed E-state index contributed by atoms with van der Waals surface area (Å²) < 4.78 is 41.2. The zero-order valence-corrected chi connectivity index (χ0v) is 17.7. The highest BCUT2D eigenvalue weighted by atomic mass is 19.4. The number of piperazine rings is 2. The fraction of sp³-hybridized carbons (Fsp3) is 0.667. The molecule has 2 fully saturated rings. The highest BCUT2D eigenvalue weighted by Crippen LogP contribution is 2.39. The summed E-state index contributed by atoms with van der Waals surface area (Å²) in [5, 5.41) is 0. The molecule has 1 aromatic carbocycles. The molecule has 2 heterocycles. The summed E-state index contributed by atoms with van der Waals surface area (Å²) in [6, 6.07) is 4.64. The smallest absolute Gasteiger partial charge is 0.367 e. The standard InChI is InChI=1S/C21H31F3N4O/c1-20(2,3)16-5-6-18(17(15-16)21(22,23)24)26-11-13-28(14-12-26)19(29)27-9-7-25(4)8-10-27/h5-6,15H,7-14H2,1-4H3. The van der Waals surface area contributed by atoms with Crippen molar-refractivity contribution in [1.82, 2.24) is 14.7 Å². The number of rotatable bonds is 1. The average molecular weight is 413 g/mol. The van der Waals surface area contributed by atoms with Crippen molar-refractivity contribution in [2.24, 2.45) is 0 Å². The summed E-state index contributed by atoms with van der Waals surface area (Å²) in [5.41, 5.74) is -0.0787. The number of carbonyl (C=O) groups excluding carboxylic acids is 1. The van der Waals surface area contributed by atoms with Crippen LogP contribution in [-0.2, 0) is 11.6 Å². The summed E-state index contributed by atoms with van der Waals surface area (Å²) in [7, 11) is 2.03. The van der Waals surface area contributed by atoms with Crippen LogP contribution in [-0.4, -0.2) is 80.1 Å². The molecule has 0 spiro atoms. The lowest BCUT2D eigenvalue weighted by Gasteiger charge is -2.41. The number of carbonyl (C=O) groups is 1. The highest BCUT2D eigenvalue weighted by molar-refractivity contribution is 5.75. The molecule has 0 bridgehead atoms. The van der Waals surface area contributed by atoms with Crippen molar-refractivity contribution in [2.75, 3.05) is 64.3 Å². The Labute approximate surface area is 171 Å². The van der Waals surface area contributed by atoms with E-state index < -0.39 is 11.7 Å². The van der Waals surface area contributed by atoms with Gasteiger partial charge in [-0.25, -0.2) is 4.79 Å². The van der Waals surface area contributed by atoms with Gasteiger partial charge in [0.1, 0.15) is 0 Å². The third kappa shape index (κ3) is 4.97. The fourth-order valence-corrected chi connectivity index (χ4v) is 3.84. The maximum Gasteiger partial charge on any atom is 0.418 e. The molecule has 2 saturated heterocycles. The Bertz CT molecular complexity index is 728. The number of likely N-dealkylation sites (N-methyl/N-ethyl adjacent to an activating group) is 1. The first kappa shape index (κ1) is 21.7. The molecule has 0 N–H and O–H groups in total. The van der Waals surface area contributed by atoms with Crippen LogP contribution in [0.3, 0.4) is 0 Å². The first-order valence-electron chi connectivity index (χ1n) is 10.2. The largest absolute Gasteiger partial charge is 0.418 e. The van der Waals surface area contributed by atoms with E-state index in [0.29, 0.717) is 44.8 Å². The van der Waals surface area contributed by atoms with Gasteiger partial charge in [-0.15, -0.1) is 0 Å². The number of nitrogens with zero attached hydrogens (tertiary/aromatic N) is 4. The summed E-state index contributed by atoms with van der Waals surface area (Å²) in [6.45, 7) is 10.5. The Morgan fingerprint density at radius 1 is 0.862 bits per heavy atom. The van der Waals surface area contributed by atoms with Crippen molar-refractivity contribution in [2.45, 2.75) is 32.4 Å². The lowest BCUT2D eigenvalue weighted by atomic mass is 9.85. The van der Waals surface area contributed by atoms with Gasteiger partial charge in [0.05, 0.1) is 5.56 Å². The molecule has 162 valence electrons. The zero-order valence-electron chi connectivity index (χ0n) is 17.7. The zero-order chi connectivity index (χ0) is 21.4. The van der Waals surface area contributed by atoms with Gasteiger partial charge in [0.15, 0.2) is 0 Å². The number of urea groups is 1. The van der Waals surface area contributed by atoms with Crippen LogP contribution in [0.25, 0.3) is 0 Å². The molecule has 29 heavy (non-hydrogen) atoms. The Morgan fingerprint density at radius 3 is 1.86 bits per heavy atom. The third-order valence-corrected chi connectivity index (χ3v) is 5.83. The van der Waals surface area contributed by atoms with Crippen LogP contribution in [0, 0.1) is 0 Å². The molecule has 0 unspecified atom stereocenters. The van der Waals surface area contributed by atoms with Gasteiger partial charge in [0, 0.05) is 58.0 Å². The molecule has 5 nitrogen and oxygen atoms in total. The first-order chi connectivity index (χ1) is 13.5. The van der Waals surface area contributed by atoms with E-state index in [2.05, 4.69) is 4.90 Å². The van der Waals surface area contributed by atoms with E-state index in [-0.39, 0.29) is 17.1 Å². The van der Waals surface area contributed by atoms with Crippen LogP contribution in [0.1, 0.15) is 31.9 Å². The Kier molecular flexibility index (Phi) is 6.03. The molecule has 0 aliphatic carbocycles. The maximum atomic E-state index is 13.7. The van der Waals surface area contributed by atoms with E-state index in [4.69, 9.17) is 0 Å². The molecule has 0 radical (unpaired) electrons. The van der Waals surface area contributed by atoms with Gasteiger partial charge in [-0.1, -0.05) is 26.8 Å². The molecule has 1 aromatic rings. The Morgan fingerprint density at radius 2 is 1.38 bits per heavy atom. The van der Waals surface area contributed by atoms with Crippen LogP contribution < -0.4 is 4.90 Å². The van der Waals surface area contributed by atoms with Crippen molar-refractivity contribution >= 4 is 11.7 Å². The van der Waals surface area contributed by atoms with Gasteiger partial charge in [-0.05, 0) is 30.2 Å². The monoisotopic (exact) mass is 412 g/mol. The predicted octanol–water partition coefficient (Wildman–Crippen LogP) is 3.49. The number of anilines is 1. The topological polar surface area (TPSA) is 30.0 Å². The van der Waals surface area contributed by atoms with Crippen LogP contribution in [0.5, 0.6) is 0 Å². The molecule has 2 aliphatic heterocycles. The third-order valence-electron chi connectivity index (χ3n) is 5.83. The normalized spacial score (nSPS) is 19.6. The number of alkyl halides is 3. The van der Waals surface area contributed by atoms with Crippen LogP contribution in [0.15, 0.2) is 18.2 Å². The summed E-state index contributed by atoms with van der Waals surface area (Å²) in [4.78, 5) is 20.3. The quantitative estimate of drug-likeness (QED) is 0.707. The van der Waals surface area contributed by atoms with Crippen molar-refractivity contribution in [3.05, 3.63) is 29.3 Å². The molecule has 8 heteroatoms. The molecule has 2 aliphatic rings. The van der Waals surface area contributed by atoms with Gasteiger partial charge < -0.3 is 19.6 Å². The lowest BCUT2D eigenvalue weighted by molar-refractivity contribution is -0.137. The average Bonchev–Trinajstić information content (AvgIpc) is 2.66. The van der Waals surface area contributed by atoms with Gasteiger partial charge in [-0.2, -0.15) is 13.2 Å². The van der Waals surface area contributed by atoms with E-state index >= 15 is 0 Å². The van der Waals surface area contributed by atoms with E-state index in [1.165, 1.54) is 6.07 Å². The molecular formula is C21H31F3N4O. The number of halogens is 3. The second-order valence-electron chi connectivity index (χ2n) is 9.03. The number of hydrogen-bond donors (Lipinski definition) is 0. The van der Waals surface area contributed by atoms with Gasteiger partial charge in [0.2, 0.25) is 0 Å². The molecular weight excluding hydrogens is 381 g/mol. The second-order valence-corrected chi connectivity index (χ2v) is 9.03. The lowest BCUT2D eigenvalue weighted by Crippen LogP contribution is -2.56. The second kappa shape index (κ2) is 8.05. The molecule has 2 amide bonds. The molecule has 3 rings (SSSR count). The highest BCUT2D eigenvalue weighted by Gasteiger charge is 2.37. The van der Waals surface area contributed by atoms with E-state index in [0.717, 1.165) is 13.1 Å². The van der Waals surface area contributed by atoms with Gasteiger partial charge in [-0.3, -0.25) is 0 Å². The summed E-state index contributed by atoms with van der Waals surface area (Å²) in [6.07, 6.45) is -4.41. The van der Waals surface area contributed by atoms with Crippen molar-refractivity contribution in [3.8, 4) is 0 Å². The Balaban J connectivity index is 1.71. The van der Waals surface area contributed by atoms with E-state index in [1.807, 2.05) is 32.7 Å². The van der Waals surface area contributed by atoms with Crippen molar-refractivity contribution < 1.29 is 18.0 Å². The van der Waals surface area contributed by atoms with Crippen LogP contribution >= 0.6 is 0 Å². The van der Waals surface area contributed by atoms with Gasteiger partial charge >= 0.3 is 12.2 Å². The minimum Gasteiger partial charge on any atom is -0.367 e. The van der Waals surface area contributed by atoms with E-state index in [1.54, 1.807) is 21.9 Å². The van der Waals surface area contributed by atoms with Gasteiger partial charge in [0.25, 0.3) is 0 Å². The minimum absolute atomic E-state index is 0.00289. The molecule has 0 atom stereocenters. The van der Waals surface area contributed by atoms with Crippen LogP contribution in [0.4, 0.5) is 23.7 Å². The fourth-order valence-electron chi connectivity index (χ4n) is 3.84. The Hall–Kier alpha value is -1.96. The predicted molar refractivity (Wildman–Crippen MR) is 108 cm³/mol.